The van der Waals surface area contributed by atoms with Crippen LogP contribution in [-0.4, -0.2) is 193 Å². The normalized spacial score (nSPS) is 28.3. The molecule has 0 aromatic carbocycles. The summed E-state index contributed by atoms with van der Waals surface area (Å²) >= 11 is 0. The van der Waals surface area contributed by atoms with Crippen LogP contribution >= 0.6 is 0 Å². The molecule has 3 fully saturated rings. The molecule has 0 aliphatic carbocycles. The fraction of sp³-hybridized carbons (Fsp3) is 0.929. The smallest absolute Gasteiger partial charge is 0.220 e. The molecule has 0 bridgehead atoms. The van der Waals surface area contributed by atoms with Crippen molar-refractivity contribution in [1.29, 1.82) is 0 Å². The van der Waals surface area contributed by atoms with E-state index in [4.69, 9.17) is 28.4 Å². The van der Waals surface area contributed by atoms with Gasteiger partial charge in [0.15, 0.2) is 18.9 Å². The first-order valence-corrected chi connectivity index (χ1v) is 36.1. The number of hydrogen-bond donors (Lipinski definition) is 12. The van der Waals surface area contributed by atoms with Crippen LogP contribution in [0.4, 0.5) is 0 Å². The number of rotatable bonds is 56. The lowest BCUT2D eigenvalue weighted by molar-refractivity contribution is -0.379. The Balaban J connectivity index is 1.36. The highest BCUT2D eigenvalue weighted by molar-refractivity contribution is 5.76. The van der Waals surface area contributed by atoms with E-state index < -0.39 is 124 Å². The topological polar surface area (TPSA) is 307 Å². The van der Waals surface area contributed by atoms with E-state index >= 15 is 0 Å². The summed E-state index contributed by atoms with van der Waals surface area (Å²) in [5, 5.41) is 120. The highest BCUT2D eigenvalue weighted by Gasteiger charge is 2.53. The minimum absolute atomic E-state index is 0.248. The van der Waals surface area contributed by atoms with Crippen molar-refractivity contribution in [2.75, 3.05) is 26.4 Å². The van der Waals surface area contributed by atoms with Gasteiger partial charge in [0.1, 0.15) is 73.2 Å². The molecule has 17 atom stereocenters. The minimum Gasteiger partial charge on any atom is -0.394 e. The summed E-state index contributed by atoms with van der Waals surface area (Å²) in [7, 11) is 0. The van der Waals surface area contributed by atoms with Gasteiger partial charge in [0, 0.05) is 6.42 Å². The molecule has 89 heavy (non-hydrogen) atoms. The summed E-state index contributed by atoms with van der Waals surface area (Å²) in [4.78, 5) is 13.4. The van der Waals surface area contributed by atoms with Crippen LogP contribution in [0.3, 0.4) is 0 Å². The first-order chi connectivity index (χ1) is 43.3. The lowest BCUT2D eigenvalue weighted by Crippen LogP contribution is -2.66. The highest BCUT2D eigenvalue weighted by atomic mass is 16.8. The van der Waals surface area contributed by atoms with Crippen LogP contribution in [0, 0.1) is 0 Å². The van der Waals surface area contributed by atoms with Crippen LogP contribution in [0.5, 0.6) is 0 Å². The van der Waals surface area contributed by atoms with Gasteiger partial charge in [-0.15, -0.1) is 0 Å². The molecule has 17 unspecified atom stereocenters. The first kappa shape index (κ1) is 81.5. The lowest BCUT2D eigenvalue weighted by atomic mass is 9.96. The van der Waals surface area contributed by atoms with Crippen LogP contribution < -0.4 is 5.32 Å². The Morgan fingerprint density at radius 3 is 1.09 bits per heavy atom. The number of unbranched alkanes of at least 4 members (excludes halogenated alkanes) is 38. The van der Waals surface area contributed by atoms with Gasteiger partial charge >= 0.3 is 0 Å². The fourth-order valence-electron chi connectivity index (χ4n) is 12.4. The molecular formula is C70H131NO18. The second kappa shape index (κ2) is 52.5. The van der Waals surface area contributed by atoms with Gasteiger partial charge in [-0.05, 0) is 44.9 Å². The van der Waals surface area contributed by atoms with Crippen molar-refractivity contribution in [2.24, 2.45) is 0 Å². The van der Waals surface area contributed by atoms with Crippen LogP contribution in [0.2, 0.25) is 0 Å². The molecule has 3 aliphatic rings. The second-order valence-electron chi connectivity index (χ2n) is 26.1. The largest absolute Gasteiger partial charge is 0.394 e. The number of allylic oxidation sites excluding steroid dienone is 3. The number of aliphatic hydroxyl groups excluding tert-OH is 11. The lowest BCUT2D eigenvalue weighted by Gasteiger charge is -2.48. The zero-order valence-corrected chi connectivity index (χ0v) is 55.4. The Bertz CT molecular complexity index is 1710. The molecule has 0 saturated carbocycles. The van der Waals surface area contributed by atoms with E-state index in [9.17, 15) is 61.0 Å². The number of aliphatic hydroxyl groups is 11. The summed E-state index contributed by atoms with van der Waals surface area (Å²) < 4.78 is 34.3. The Labute approximate surface area is 537 Å². The number of nitrogens with one attached hydrogen (secondary N) is 1. The molecule has 3 rings (SSSR count). The molecule has 1 amide bonds. The van der Waals surface area contributed by atoms with Crippen molar-refractivity contribution in [3.05, 3.63) is 24.3 Å². The summed E-state index contributed by atoms with van der Waals surface area (Å²) in [6.07, 6.45) is 33.2. The minimum atomic E-state index is -1.98. The standard InChI is InChI=1S/C70H131NO18/c1-3-5-7-9-11-13-15-17-18-19-20-21-22-23-24-25-26-27-28-29-30-31-32-33-34-36-38-40-42-44-46-48-58(76)71-53(54(75)47-45-43-41-39-37-35-16-14-12-10-8-6-4-2)52-84-68-64(82)61(79)66(56(50-73)86-68)89-70-65(83)62(80)67(57(51-74)87-70)88-69-63(81)60(78)59(77)55(49-72)85-69/h19-20,45,47,53-57,59-70,72-75,77-83H,3-18,21-44,46,48-52H2,1-2H3,(H,71,76)/b20-19-,47-45+. The quantitative estimate of drug-likeness (QED) is 0.0199. The molecule has 0 aromatic rings. The number of hydrogen-bond acceptors (Lipinski definition) is 18. The van der Waals surface area contributed by atoms with E-state index in [0.717, 1.165) is 44.9 Å². The summed E-state index contributed by atoms with van der Waals surface area (Å²) in [6, 6.07) is -0.969. The van der Waals surface area contributed by atoms with Crippen LogP contribution in [0.1, 0.15) is 284 Å². The monoisotopic (exact) mass is 1270 g/mol. The molecule has 3 saturated heterocycles. The molecule has 19 nitrogen and oxygen atoms in total. The predicted molar refractivity (Wildman–Crippen MR) is 346 cm³/mol. The number of carbonyl (C=O) groups is 1. The number of ether oxygens (including phenoxy) is 6. The zero-order valence-electron chi connectivity index (χ0n) is 55.4. The fourth-order valence-corrected chi connectivity index (χ4v) is 12.4. The van der Waals surface area contributed by atoms with E-state index in [2.05, 4.69) is 31.3 Å². The van der Waals surface area contributed by atoms with Crippen LogP contribution in [-0.2, 0) is 33.2 Å². The average molecular weight is 1270 g/mol. The molecule has 0 radical (unpaired) electrons. The van der Waals surface area contributed by atoms with Gasteiger partial charge in [0.05, 0.1) is 38.6 Å². The van der Waals surface area contributed by atoms with E-state index in [-0.39, 0.29) is 18.9 Å². The molecule has 12 N–H and O–H groups in total. The maximum Gasteiger partial charge on any atom is 0.220 e. The first-order valence-electron chi connectivity index (χ1n) is 36.1. The predicted octanol–water partition coefficient (Wildman–Crippen LogP) is 9.83. The van der Waals surface area contributed by atoms with Crippen molar-refractivity contribution < 1.29 is 89.4 Å². The van der Waals surface area contributed by atoms with Gasteiger partial charge in [-0.3, -0.25) is 4.79 Å². The summed E-state index contributed by atoms with van der Waals surface area (Å²) in [6.45, 7) is 1.75. The van der Waals surface area contributed by atoms with Crippen molar-refractivity contribution in [3.8, 4) is 0 Å². The van der Waals surface area contributed by atoms with Crippen molar-refractivity contribution in [1.82, 2.24) is 5.32 Å². The second-order valence-corrected chi connectivity index (χ2v) is 26.1. The van der Waals surface area contributed by atoms with E-state index in [1.807, 2.05) is 6.08 Å². The SMILES string of the molecule is CCCCCCCCCC/C=C\CCCCCCCCCCCCCCCCCCCCCC(=O)NC(COC1OC(CO)C(OC2OC(CO)C(OC3OC(CO)C(O)C(O)C3O)C(O)C2O)C(O)C1O)C(O)/C=C/CCCCCCCCCCCCC. The Morgan fingerprint density at radius 2 is 0.708 bits per heavy atom. The van der Waals surface area contributed by atoms with Gasteiger partial charge in [-0.1, -0.05) is 256 Å². The Hall–Kier alpha value is -1.73. The maximum atomic E-state index is 13.4. The van der Waals surface area contributed by atoms with E-state index in [0.29, 0.717) is 6.42 Å². The number of amides is 1. The van der Waals surface area contributed by atoms with Gasteiger partial charge in [-0.25, -0.2) is 0 Å². The van der Waals surface area contributed by atoms with Gasteiger partial charge < -0.3 is 89.9 Å². The third kappa shape index (κ3) is 34.5. The third-order valence-electron chi connectivity index (χ3n) is 18.2. The number of carbonyl (C=O) groups excluding carboxylic acids is 1. The summed E-state index contributed by atoms with van der Waals surface area (Å²) in [5.41, 5.74) is 0. The Morgan fingerprint density at radius 1 is 0.393 bits per heavy atom. The third-order valence-corrected chi connectivity index (χ3v) is 18.2. The van der Waals surface area contributed by atoms with Gasteiger partial charge in [0.25, 0.3) is 0 Å². The molecule has 3 aliphatic heterocycles. The van der Waals surface area contributed by atoms with Crippen molar-refractivity contribution in [3.63, 3.8) is 0 Å². The zero-order chi connectivity index (χ0) is 64.7. The summed E-state index contributed by atoms with van der Waals surface area (Å²) in [5.74, 6) is -0.271. The Kier molecular flexibility index (Phi) is 48.1. The van der Waals surface area contributed by atoms with E-state index in [1.165, 1.54) is 212 Å². The molecular weight excluding hydrogens is 1140 g/mol. The molecule has 524 valence electrons. The van der Waals surface area contributed by atoms with Crippen LogP contribution in [0.15, 0.2) is 24.3 Å². The molecule has 0 aromatic heterocycles. The maximum absolute atomic E-state index is 13.4. The van der Waals surface area contributed by atoms with Crippen molar-refractivity contribution in [2.45, 2.75) is 388 Å². The van der Waals surface area contributed by atoms with Crippen LogP contribution in [0.25, 0.3) is 0 Å². The average Bonchev–Trinajstić information content (AvgIpc) is 1.92. The molecule has 0 spiro atoms. The van der Waals surface area contributed by atoms with Gasteiger partial charge in [0.2, 0.25) is 5.91 Å². The van der Waals surface area contributed by atoms with Gasteiger partial charge in [-0.2, -0.15) is 0 Å². The van der Waals surface area contributed by atoms with E-state index in [1.54, 1.807) is 6.08 Å². The highest BCUT2D eigenvalue weighted by Crippen LogP contribution is 2.33. The van der Waals surface area contributed by atoms with Crippen molar-refractivity contribution >= 4 is 5.91 Å². The molecule has 3 heterocycles. The molecule has 19 heteroatoms.